The van der Waals surface area contributed by atoms with Crippen molar-refractivity contribution in [1.82, 2.24) is 30.5 Å². The molecule has 10 heteroatoms. The Morgan fingerprint density at radius 2 is 1.97 bits per heavy atom. The van der Waals surface area contributed by atoms with Gasteiger partial charge in [0.05, 0.1) is 48.2 Å². The Bertz CT molecular complexity index is 1540. The number of benzene rings is 2. The van der Waals surface area contributed by atoms with E-state index in [0.717, 1.165) is 22.5 Å². The van der Waals surface area contributed by atoms with E-state index in [1.165, 1.54) is 0 Å². The highest BCUT2D eigenvalue weighted by Crippen LogP contribution is 2.35. The van der Waals surface area contributed by atoms with Crippen LogP contribution in [-0.4, -0.2) is 50.4 Å². The summed E-state index contributed by atoms with van der Waals surface area (Å²) in [4.78, 5) is 24.8. The highest BCUT2D eigenvalue weighted by Gasteiger charge is 2.15. The van der Waals surface area contributed by atoms with Crippen LogP contribution < -0.4 is 10.1 Å². The molecule has 3 aromatic heterocycles. The molecule has 10 nitrogen and oxygen atoms in total. The lowest BCUT2D eigenvalue weighted by Crippen LogP contribution is -2.22. The van der Waals surface area contributed by atoms with Crippen LogP contribution in [0.2, 0.25) is 0 Å². The fourth-order valence-corrected chi connectivity index (χ4v) is 3.94. The summed E-state index contributed by atoms with van der Waals surface area (Å²) < 4.78 is 10.4. The van der Waals surface area contributed by atoms with Gasteiger partial charge in [-0.25, -0.2) is 9.97 Å². The molecule has 0 aliphatic heterocycles. The van der Waals surface area contributed by atoms with Crippen molar-refractivity contribution < 1.29 is 19.4 Å². The maximum absolute atomic E-state index is 12.7. The van der Waals surface area contributed by atoms with Gasteiger partial charge in [0, 0.05) is 24.4 Å². The molecular weight excluding hydrogens is 460 g/mol. The number of carbonyl (C=O) groups is 1. The highest BCUT2D eigenvalue weighted by atomic mass is 16.5. The Labute approximate surface area is 206 Å². The zero-order chi connectivity index (χ0) is 25.1. The Morgan fingerprint density at radius 3 is 2.81 bits per heavy atom. The third-order valence-corrected chi connectivity index (χ3v) is 5.69. The molecule has 0 bridgehead atoms. The summed E-state index contributed by atoms with van der Waals surface area (Å²) in [6.07, 6.45) is 1.66. The highest BCUT2D eigenvalue weighted by molar-refractivity contribution is 5.97. The lowest BCUT2D eigenvalue weighted by atomic mass is 10.0. The Balaban J connectivity index is 1.39. The van der Waals surface area contributed by atoms with Crippen LogP contribution in [-0.2, 0) is 17.9 Å². The summed E-state index contributed by atoms with van der Waals surface area (Å²) >= 11 is 0. The van der Waals surface area contributed by atoms with Gasteiger partial charge in [0.1, 0.15) is 11.6 Å². The standard InChI is InChI=1S/C26H24N6O4/c1-35-14-18-12-17(31-32-18)13-28-25(34)16-5-7-21-22(11-16)30-24(29-21)20-10-15(6-8-23(20)33)19-4-3-9-27-26(19)36-2/h3-12,33H,13-14H2,1-2H3,(H,28,34)(H,29,30)(H,31,32). The molecule has 0 aliphatic rings. The van der Waals surface area contributed by atoms with Gasteiger partial charge >= 0.3 is 0 Å². The summed E-state index contributed by atoms with van der Waals surface area (Å²) in [5.41, 5.74) is 5.50. The number of pyridine rings is 1. The smallest absolute Gasteiger partial charge is 0.251 e. The number of phenols is 1. The number of aromatic hydroxyl groups is 1. The van der Waals surface area contributed by atoms with Crippen molar-refractivity contribution in [2.45, 2.75) is 13.2 Å². The number of nitrogens with zero attached hydrogens (tertiary/aromatic N) is 3. The summed E-state index contributed by atoms with van der Waals surface area (Å²) in [7, 11) is 3.16. The van der Waals surface area contributed by atoms with Gasteiger partial charge in [-0.15, -0.1) is 0 Å². The lowest BCUT2D eigenvalue weighted by Gasteiger charge is -2.09. The van der Waals surface area contributed by atoms with Gasteiger partial charge in [0.2, 0.25) is 5.88 Å². The van der Waals surface area contributed by atoms with Crippen molar-refractivity contribution in [3.05, 3.63) is 77.7 Å². The molecule has 0 unspecified atom stereocenters. The summed E-state index contributed by atoms with van der Waals surface area (Å²) in [5.74, 6) is 0.808. The van der Waals surface area contributed by atoms with E-state index in [1.54, 1.807) is 50.7 Å². The number of rotatable bonds is 8. The molecule has 0 fully saturated rings. The van der Waals surface area contributed by atoms with Gasteiger partial charge in [-0.1, -0.05) is 6.07 Å². The number of phenolic OH excluding ortho intramolecular Hbond substituents is 1. The summed E-state index contributed by atoms with van der Waals surface area (Å²) in [5, 5.41) is 20.4. The number of hydrogen-bond acceptors (Lipinski definition) is 7. The fourth-order valence-electron chi connectivity index (χ4n) is 3.94. The van der Waals surface area contributed by atoms with Gasteiger partial charge in [-0.2, -0.15) is 5.10 Å². The first-order valence-electron chi connectivity index (χ1n) is 11.2. The van der Waals surface area contributed by atoms with Crippen LogP contribution in [0, 0.1) is 0 Å². The number of aromatic nitrogens is 5. The van der Waals surface area contributed by atoms with Crippen molar-refractivity contribution >= 4 is 16.9 Å². The van der Waals surface area contributed by atoms with E-state index in [2.05, 4.69) is 30.5 Å². The number of aromatic amines is 2. The maximum Gasteiger partial charge on any atom is 0.251 e. The minimum absolute atomic E-state index is 0.0750. The Morgan fingerprint density at radius 1 is 1.08 bits per heavy atom. The number of hydrogen-bond donors (Lipinski definition) is 4. The number of amides is 1. The molecule has 0 radical (unpaired) electrons. The van der Waals surface area contributed by atoms with Crippen LogP contribution in [0.3, 0.4) is 0 Å². The number of carbonyl (C=O) groups excluding carboxylic acids is 1. The van der Waals surface area contributed by atoms with Crippen LogP contribution in [0.15, 0.2) is 60.8 Å². The SMILES string of the molecule is COCc1cc(CNC(=O)c2ccc3nc(-c4cc(-c5cccnc5OC)ccc4O)[nH]c3c2)[nH]n1. The average Bonchev–Trinajstić information content (AvgIpc) is 3.54. The van der Waals surface area contributed by atoms with Gasteiger partial charge in [0.25, 0.3) is 5.91 Å². The topological polar surface area (TPSA) is 138 Å². The van der Waals surface area contributed by atoms with E-state index < -0.39 is 0 Å². The van der Waals surface area contributed by atoms with E-state index in [0.29, 0.717) is 47.0 Å². The minimum Gasteiger partial charge on any atom is -0.507 e. The molecule has 2 aromatic carbocycles. The third kappa shape index (κ3) is 4.62. The molecule has 0 saturated carbocycles. The number of fused-ring (bicyclic) bond motifs is 1. The summed E-state index contributed by atoms with van der Waals surface area (Å²) in [6, 6.07) is 16.0. The second kappa shape index (κ2) is 9.88. The Hall–Kier alpha value is -4.70. The first kappa shape index (κ1) is 23.1. The Kier molecular flexibility index (Phi) is 6.33. The molecule has 3 heterocycles. The van der Waals surface area contributed by atoms with Gasteiger partial charge < -0.3 is 24.9 Å². The molecule has 182 valence electrons. The van der Waals surface area contributed by atoms with E-state index >= 15 is 0 Å². The zero-order valence-electron chi connectivity index (χ0n) is 19.7. The van der Waals surface area contributed by atoms with Crippen molar-refractivity contribution in [2.24, 2.45) is 0 Å². The zero-order valence-corrected chi connectivity index (χ0v) is 19.7. The van der Waals surface area contributed by atoms with Crippen LogP contribution in [0.25, 0.3) is 33.5 Å². The van der Waals surface area contributed by atoms with Crippen LogP contribution in [0.4, 0.5) is 0 Å². The average molecular weight is 485 g/mol. The minimum atomic E-state index is -0.232. The summed E-state index contributed by atoms with van der Waals surface area (Å²) in [6.45, 7) is 0.706. The molecule has 0 aliphatic carbocycles. The first-order chi connectivity index (χ1) is 17.6. The number of methoxy groups -OCH3 is 2. The maximum atomic E-state index is 12.7. The normalized spacial score (nSPS) is 11.1. The van der Waals surface area contributed by atoms with Gasteiger partial charge in [-0.3, -0.25) is 9.89 Å². The molecule has 1 amide bonds. The monoisotopic (exact) mass is 484 g/mol. The molecule has 36 heavy (non-hydrogen) atoms. The van der Waals surface area contributed by atoms with Gasteiger partial charge in [-0.05, 0) is 54.1 Å². The largest absolute Gasteiger partial charge is 0.507 e. The second-order valence-electron chi connectivity index (χ2n) is 8.11. The van der Waals surface area contributed by atoms with E-state index in [9.17, 15) is 9.90 Å². The van der Waals surface area contributed by atoms with Crippen LogP contribution >= 0.6 is 0 Å². The van der Waals surface area contributed by atoms with Crippen molar-refractivity contribution in [1.29, 1.82) is 0 Å². The molecule has 0 saturated heterocycles. The molecule has 0 atom stereocenters. The van der Waals surface area contributed by atoms with Crippen LogP contribution in [0.1, 0.15) is 21.7 Å². The fraction of sp³-hybridized carbons (Fsp3) is 0.154. The predicted octanol–water partition coefficient (Wildman–Crippen LogP) is 3.81. The van der Waals surface area contributed by atoms with Crippen molar-refractivity contribution in [2.75, 3.05) is 14.2 Å². The van der Waals surface area contributed by atoms with Crippen molar-refractivity contribution in [3.63, 3.8) is 0 Å². The number of imidazole rings is 1. The van der Waals surface area contributed by atoms with Gasteiger partial charge in [0.15, 0.2) is 0 Å². The quantitative estimate of drug-likeness (QED) is 0.263. The third-order valence-electron chi connectivity index (χ3n) is 5.69. The number of H-pyrrole nitrogens is 2. The molecule has 0 spiro atoms. The first-order valence-corrected chi connectivity index (χ1v) is 11.2. The second-order valence-corrected chi connectivity index (χ2v) is 8.11. The molecular formula is C26H24N6O4. The number of ether oxygens (including phenoxy) is 2. The number of nitrogens with one attached hydrogen (secondary N) is 3. The van der Waals surface area contributed by atoms with E-state index in [-0.39, 0.29) is 11.7 Å². The van der Waals surface area contributed by atoms with Crippen molar-refractivity contribution in [3.8, 4) is 34.1 Å². The van der Waals surface area contributed by atoms with Crippen LogP contribution in [0.5, 0.6) is 11.6 Å². The van der Waals surface area contributed by atoms with E-state index in [1.807, 2.05) is 24.3 Å². The molecule has 4 N–H and O–H groups in total. The molecule has 5 aromatic rings. The lowest BCUT2D eigenvalue weighted by molar-refractivity contribution is 0.0950. The predicted molar refractivity (Wildman–Crippen MR) is 133 cm³/mol. The molecule has 5 rings (SSSR count). The van der Waals surface area contributed by atoms with E-state index in [4.69, 9.17) is 9.47 Å².